The number of amides is 1. The number of nitrogens with one attached hydrogen (secondary N) is 1. The maximum absolute atomic E-state index is 14.5. The smallest absolute Gasteiger partial charge is 0.262 e. The van der Waals surface area contributed by atoms with Crippen LogP contribution in [0.1, 0.15) is 33.2 Å². The SMILES string of the molecule is COc1ccc(NS(=O)(=O)c2ccc3c(c2)C(=O)N(c2ccc(C)cc2)[C@@H](c2cccc(Br)c2)N3Cc2ccccc2)cc1. The van der Waals surface area contributed by atoms with E-state index < -0.39 is 16.2 Å². The molecule has 6 rings (SSSR count). The number of carbonyl (C=O) groups is 1. The number of halogens is 1. The van der Waals surface area contributed by atoms with Gasteiger partial charge >= 0.3 is 0 Å². The Morgan fingerprint density at radius 2 is 1.57 bits per heavy atom. The van der Waals surface area contributed by atoms with Crippen molar-refractivity contribution in [3.63, 3.8) is 0 Å². The molecule has 0 saturated heterocycles. The van der Waals surface area contributed by atoms with Crippen LogP contribution in [0.5, 0.6) is 5.75 Å². The maximum Gasteiger partial charge on any atom is 0.262 e. The standard InChI is InChI=1S/C35H30BrN3O4S/c1-24-11-15-29(16-12-24)39-34(26-9-6-10-27(36)21-26)38(23-25-7-4-3-5-8-25)33-20-19-31(22-32(33)35(39)40)44(41,42)37-28-13-17-30(43-2)18-14-28/h3-22,34,37H,23H2,1-2H3/t34-/m0/s1. The molecule has 0 aromatic heterocycles. The Bertz CT molecular complexity index is 1910. The third-order valence-corrected chi connectivity index (χ3v) is 9.45. The van der Waals surface area contributed by atoms with E-state index in [2.05, 4.69) is 25.6 Å². The second-order valence-electron chi connectivity index (χ2n) is 10.6. The normalized spacial score (nSPS) is 14.7. The van der Waals surface area contributed by atoms with E-state index in [4.69, 9.17) is 4.74 Å². The zero-order chi connectivity index (χ0) is 30.8. The fraction of sp³-hybridized carbons (Fsp3) is 0.114. The Hall–Kier alpha value is -4.60. The highest BCUT2D eigenvalue weighted by molar-refractivity contribution is 9.10. The molecule has 222 valence electrons. The number of methoxy groups -OCH3 is 1. The van der Waals surface area contributed by atoms with Crippen molar-refractivity contribution in [3.05, 3.63) is 148 Å². The summed E-state index contributed by atoms with van der Waals surface area (Å²) in [6.45, 7) is 2.48. The second kappa shape index (κ2) is 12.2. The van der Waals surface area contributed by atoms with Gasteiger partial charge in [-0.15, -0.1) is 0 Å². The van der Waals surface area contributed by atoms with Gasteiger partial charge in [0, 0.05) is 22.4 Å². The molecule has 44 heavy (non-hydrogen) atoms. The number of aryl methyl sites for hydroxylation is 1. The molecule has 5 aromatic rings. The number of hydrogen-bond acceptors (Lipinski definition) is 5. The van der Waals surface area contributed by atoms with Crippen LogP contribution in [0.15, 0.2) is 131 Å². The van der Waals surface area contributed by atoms with Crippen molar-refractivity contribution in [2.75, 3.05) is 21.6 Å². The van der Waals surface area contributed by atoms with Crippen LogP contribution in [0.25, 0.3) is 0 Å². The minimum Gasteiger partial charge on any atom is -0.497 e. The number of hydrogen-bond donors (Lipinski definition) is 1. The Labute approximate surface area is 265 Å². The molecular formula is C35H30BrN3O4S. The topological polar surface area (TPSA) is 78.9 Å². The summed E-state index contributed by atoms with van der Waals surface area (Å²) in [7, 11) is -2.46. The summed E-state index contributed by atoms with van der Waals surface area (Å²) < 4.78 is 35.8. The lowest BCUT2D eigenvalue weighted by atomic mass is 9.99. The van der Waals surface area contributed by atoms with E-state index in [1.54, 1.807) is 48.4 Å². The summed E-state index contributed by atoms with van der Waals surface area (Å²) in [5.41, 5.74) is 5.07. The first-order valence-electron chi connectivity index (χ1n) is 14.0. The van der Waals surface area contributed by atoms with Crippen LogP contribution >= 0.6 is 15.9 Å². The molecule has 5 aromatic carbocycles. The summed E-state index contributed by atoms with van der Waals surface area (Å²) in [4.78, 5) is 18.4. The van der Waals surface area contributed by atoms with Crippen LogP contribution in [0.3, 0.4) is 0 Å². The van der Waals surface area contributed by atoms with Gasteiger partial charge < -0.3 is 9.64 Å². The highest BCUT2D eigenvalue weighted by atomic mass is 79.9. The van der Waals surface area contributed by atoms with Gasteiger partial charge in [-0.2, -0.15) is 0 Å². The number of carbonyl (C=O) groups excluding carboxylic acids is 1. The molecule has 1 heterocycles. The second-order valence-corrected chi connectivity index (χ2v) is 13.2. The summed E-state index contributed by atoms with van der Waals surface area (Å²) in [6.07, 6.45) is -0.504. The molecule has 1 N–H and O–H groups in total. The quantitative estimate of drug-likeness (QED) is 0.182. The number of anilines is 3. The average Bonchev–Trinajstić information content (AvgIpc) is 3.03. The number of sulfonamides is 1. The van der Waals surface area contributed by atoms with Crippen LogP contribution in [-0.4, -0.2) is 21.4 Å². The number of fused-ring (bicyclic) bond motifs is 1. The molecule has 0 radical (unpaired) electrons. The van der Waals surface area contributed by atoms with E-state index >= 15 is 0 Å². The molecule has 1 amide bonds. The van der Waals surface area contributed by atoms with Crippen molar-refractivity contribution in [2.24, 2.45) is 0 Å². The minimum absolute atomic E-state index is 0.00941. The van der Waals surface area contributed by atoms with Crippen molar-refractivity contribution < 1.29 is 17.9 Å². The predicted octanol–water partition coefficient (Wildman–Crippen LogP) is 7.93. The van der Waals surface area contributed by atoms with Gasteiger partial charge in [-0.25, -0.2) is 8.42 Å². The van der Waals surface area contributed by atoms with E-state index in [-0.39, 0.29) is 10.8 Å². The van der Waals surface area contributed by atoms with Gasteiger partial charge in [-0.05, 0) is 84.8 Å². The molecule has 0 unspecified atom stereocenters. The average molecular weight is 669 g/mol. The van der Waals surface area contributed by atoms with Gasteiger partial charge in [-0.1, -0.05) is 76.1 Å². The zero-order valence-corrected chi connectivity index (χ0v) is 26.5. The monoisotopic (exact) mass is 667 g/mol. The third-order valence-electron chi connectivity index (χ3n) is 7.57. The number of ether oxygens (including phenoxy) is 1. The van der Waals surface area contributed by atoms with Crippen LogP contribution in [-0.2, 0) is 16.6 Å². The molecule has 0 fully saturated rings. The largest absolute Gasteiger partial charge is 0.497 e. The Morgan fingerprint density at radius 3 is 2.25 bits per heavy atom. The summed E-state index contributed by atoms with van der Waals surface area (Å²) in [6, 6.07) is 37.1. The summed E-state index contributed by atoms with van der Waals surface area (Å²) in [5, 5.41) is 0. The van der Waals surface area contributed by atoms with E-state index in [0.29, 0.717) is 34.9 Å². The van der Waals surface area contributed by atoms with Crippen LogP contribution in [0.2, 0.25) is 0 Å². The van der Waals surface area contributed by atoms with E-state index in [0.717, 1.165) is 21.2 Å². The van der Waals surface area contributed by atoms with Crippen molar-refractivity contribution in [1.29, 1.82) is 0 Å². The number of nitrogens with zero attached hydrogens (tertiary/aromatic N) is 2. The van der Waals surface area contributed by atoms with Crippen molar-refractivity contribution in [1.82, 2.24) is 0 Å². The number of rotatable bonds is 8. The highest BCUT2D eigenvalue weighted by Crippen LogP contribution is 2.43. The molecule has 7 nitrogen and oxygen atoms in total. The van der Waals surface area contributed by atoms with Gasteiger partial charge in [0.05, 0.1) is 23.3 Å². The van der Waals surface area contributed by atoms with E-state index in [1.165, 1.54) is 6.07 Å². The first-order chi connectivity index (χ1) is 21.2. The van der Waals surface area contributed by atoms with E-state index in [1.807, 2.05) is 85.8 Å². The minimum atomic E-state index is -4.01. The lowest BCUT2D eigenvalue weighted by Crippen LogP contribution is -2.49. The van der Waals surface area contributed by atoms with Crippen molar-refractivity contribution >= 4 is 48.9 Å². The van der Waals surface area contributed by atoms with Gasteiger partial charge in [0.2, 0.25) is 0 Å². The van der Waals surface area contributed by atoms with E-state index in [9.17, 15) is 13.2 Å². The fourth-order valence-electron chi connectivity index (χ4n) is 5.40. The summed E-state index contributed by atoms with van der Waals surface area (Å²) in [5.74, 6) is 0.321. The maximum atomic E-state index is 14.5. The first-order valence-corrected chi connectivity index (χ1v) is 16.3. The van der Waals surface area contributed by atoms with Gasteiger partial charge in [-0.3, -0.25) is 14.4 Å². The van der Waals surface area contributed by atoms with Crippen molar-refractivity contribution in [3.8, 4) is 5.75 Å². The summed E-state index contributed by atoms with van der Waals surface area (Å²) >= 11 is 3.61. The molecule has 9 heteroatoms. The molecule has 0 saturated carbocycles. The van der Waals surface area contributed by atoms with Crippen LogP contribution in [0.4, 0.5) is 17.1 Å². The van der Waals surface area contributed by atoms with Gasteiger partial charge in [0.25, 0.3) is 15.9 Å². The lowest BCUT2D eigenvalue weighted by molar-refractivity contribution is 0.0968. The van der Waals surface area contributed by atoms with Crippen LogP contribution < -0.4 is 19.3 Å². The third kappa shape index (κ3) is 5.93. The van der Waals surface area contributed by atoms with Gasteiger partial charge in [0.1, 0.15) is 11.9 Å². The highest BCUT2D eigenvalue weighted by Gasteiger charge is 2.40. The molecular weight excluding hydrogens is 638 g/mol. The predicted molar refractivity (Wildman–Crippen MR) is 178 cm³/mol. The molecule has 1 aliphatic rings. The molecule has 1 aliphatic heterocycles. The Morgan fingerprint density at radius 1 is 0.841 bits per heavy atom. The molecule has 0 bridgehead atoms. The zero-order valence-electron chi connectivity index (χ0n) is 24.1. The molecule has 0 spiro atoms. The number of benzene rings is 5. The molecule has 1 atom stereocenters. The van der Waals surface area contributed by atoms with Crippen LogP contribution in [0, 0.1) is 6.92 Å². The van der Waals surface area contributed by atoms with Crippen molar-refractivity contribution in [2.45, 2.75) is 24.5 Å². The Balaban J connectivity index is 1.50. The Kier molecular flexibility index (Phi) is 8.16. The lowest BCUT2D eigenvalue weighted by Gasteiger charge is -2.46. The first kappa shape index (κ1) is 29.5. The fourth-order valence-corrected chi connectivity index (χ4v) is 6.90. The molecule has 0 aliphatic carbocycles. The van der Waals surface area contributed by atoms with Gasteiger partial charge in [0.15, 0.2) is 0 Å².